The number of piperidine rings is 1. The second kappa shape index (κ2) is 18.5. The van der Waals surface area contributed by atoms with Crippen molar-refractivity contribution in [2.75, 3.05) is 20.7 Å². The SMILES string of the molecule is COC(=O)[C@@H](C)C[C@H](Cc1ccc(F)cc1)NC(=O)c1csc([C@@H](C[C@@H](NC(=O)[C@@H](NC(=O)[C@H]2CCCCN2C)C2CC2)C(C)C)OC(C)=O)n1. The molecule has 2 heterocycles. The lowest BCUT2D eigenvalue weighted by atomic mass is 9.96. The third-order valence-electron chi connectivity index (χ3n) is 9.66. The minimum absolute atomic E-state index is 0.0567. The van der Waals surface area contributed by atoms with E-state index in [2.05, 4.69) is 20.9 Å². The Balaban J connectivity index is 1.46. The molecule has 3 amide bonds. The summed E-state index contributed by atoms with van der Waals surface area (Å²) >= 11 is 1.16. The number of rotatable bonds is 17. The Morgan fingerprint density at radius 2 is 1.71 bits per heavy atom. The van der Waals surface area contributed by atoms with E-state index < -0.39 is 48.0 Å². The maximum Gasteiger partial charge on any atom is 0.308 e. The second-order valence-electron chi connectivity index (χ2n) is 14.2. The summed E-state index contributed by atoms with van der Waals surface area (Å²) < 4.78 is 24.1. The summed E-state index contributed by atoms with van der Waals surface area (Å²) in [5.41, 5.74) is 0.885. The van der Waals surface area contributed by atoms with Crippen LogP contribution < -0.4 is 16.0 Å². The van der Waals surface area contributed by atoms with Crippen LogP contribution in [0.3, 0.4) is 0 Å². The van der Waals surface area contributed by atoms with Gasteiger partial charge < -0.3 is 25.4 Å². The smallest absolute Gasteiger partial charge is 0.308 e. The molecule has 1 aromatic heterocycles. The summed E-state index contributed by atoms with van der Waals surface area (Å²) in [6, 6.07) is 4.10. The molecule has 0 unspecified atom stereocenters. The number of hydrogen-bond acceptors (Lipinski definition) is 10. The van der Waals surface area contributed by atoms with E-state index in [-0.39, 0.29) is 54.0 Å². The van der Waals surface area contributed by atoms with E-state index in [0.29, 0.717) is 11.4 Å². The molecule has 51 heavy (non-hydrogen) atoms. The molecule has 0 radical (unpaired) electrons. The number of amides is 3. The molecule has 280 valence electrons. The highest BCUT2D eigenvalue weighted by Crippen LogP contribution is 2.34. The molecule has 1 aliphatic carbocycles. The van der Waals surface area contributed by atoms with Crippen LogP contribution >= 0.6 is 11.3 Å². The number of thiazole rings is 1. The van der Waals surface area contributed by atoms with Gasteiger partial charge in [0.1, 0.15) is 22.6 Å². The Morgan fingerprint density at radius 3 is 2.31 bits per heavy atom. The number of likely N-dealkylation sites (tertiary alicyclic amines) is 1. The number of likely N-dealkylation sites (N-methyl/N-ethyl adjacent to an activating group) is 1. The summed E-state index contributed by atoms with van der Waals surface area (Å²) in [6.45, 7) is 7.75. The van der Waals surface area contributed by atoms with Crippen LogP contribution in [0.25, 0.3) is 0 Å². The van der Waals surface area contributed by atoms with Crippen molar-refractivity contribution in [2.45, 2.75) is 109 Å². The van der Waals surface area contributed by atoms with E-state index in [1.165, 1.54) is 26.2 Å². The molecular weight excluding hydrogens is 678 g/mol. The minimum atomic E-state index is -0.846. The summed E-state index contributed by atoms with van der Waals surface area (Å²) in [6.07, 6.45) is 4.48. The summed E-state index contributed by atoms with van der Waals surface area (Å²) in [5, 5.41) is 11.1. The molecular formula is C37H52FN5O7S. The number of carbonyl (C=O) groups is 5. The quantitative estimate of drug-likeness (QED) is 0.202. The van der Waals surface area contributed by atoms with Crippen LogP contribution in [0.5, 0.6) is 0 Å². The standard InChI is InChI=1S/C37H52FN5O7S/c1-21(2)28(40-35(47)32(25-12-13-25)42-34(46)30-9-7-8-16-43(30)5)19-31(50-23(4)44)36-41-29(20-51-36)33(45)39-27(17-22(3)37(48)49-6)18-24-10-14-26(38)15-11-24/h10-11,14-15,20-22,25,27-28,30-32H,7-9,12-13,16-19H2,1-6H3,(H,39,45)(H,40,47)(H,42,46)/t22-,27+,28+,30+,31+,32-/m0/s1. The first-order valence-electron chi connectivity index (χ1n) is 17.8. The fourth-order valence-corrected chi connectivity index (χ4v) is 7.34. The number of aromatic nitrogens is 1. The first-order chi connectivity index (χ1) is 24.2. The average molecular weight is 730 g/mol. The number of carbonyl (C=O) groups excluding carboxylic acids is 5. The van der Waals surface area contributed by atoms with Gasteiger partial charge in [0.25, 0.3) is 5.91 Å². The van der Waals surface area contributed by atoms with Crippen molar-refractivity contribution in [1.29, 1.82) is 0 Å². The summed E-state index contributed by atoms with van der Waals surface area (Å²) in [4.78, 5) is 71.4. The Hall–Kier alpha value is -3.91. The van der Waals surface area contributed by atoms with Crippen LogP contribution in [-0.4, -0.2) is 84.4 Å². The molecule has 1 aromatic carbocycles. The maximum absolute atomic E-state index is 13.7. The summed E-state index contributed by atoms with van der Waals surface area (Å²) in [7, 11) is 3.24. The van der Waals surface area contributed by atoms with Crippen LogP contribution in [-0.2, 0) is 35.1 Å². The molecule has 14 heteroatoms. The zero-order valence-electron chi connectivity index (χ0n) is 30.4. The molecule has 4 rings (SSSR count). The fourth-order valence-electron chi connectivity index (χ4n) is 6.51. The molecule has 1 saturated heterocycles. The molecule has 1 aliphatic heterocycles. The van der Waals surface area contributed by atoms with E-state index >= 15 is 0 Å². The maximum atomic E-state index is 13.7. The van der Waals surface area contributed by atoms with Gasteiger partial charge in [0, 0.05) is 30.8 Å². The van der Waals surface area contributed by atoms with Crippen molar-refractivity contribution in [3.63, 3.8) is 0 Å². The molecule has 3 N–H and O–H groups in total. The van der Waals surface area contributed by atoms with Crippen molar-refractivity contribution < 1.29 is 37.8 Å². The number of benzene rings is 1. The average Bonchev–Trinajstić information content (AvgIpc) is 3.81. The van der Waals surface area contributed by atoms with Crippen molar-refractivity contribution >= 4 is 41.0 Å². The number of halogens is 1. The van der Waals surface area contributed by atoms with Gasteiger partial charge in [-0.05, 0) is 81.6 Å². The fraction of sp³-hybridized carbons (Fsp3) is 0.622. The van der Waals surface area contributed by atoms with Crippen LogP contribution in [0, 0.1) is 23.6 Å². The van der Waals surface area contributed by atoms with Crippen molar-refractivity contribution in [3.8, 4) is 0 Å². The number of nitrogens with zero attached hydrogens (tertiary/aromatic N) is 2. The molecule has 2 aliphatic rings. The Kier molecular flexibility index (Phi) is 14.5. The molecule has 6 atom stereocenters. The zero-order chi connectivity index (χ0) is 37.2. The topological polar surface area (TPSA) is 156 Å². The lowest BCUT2D eigenvalue weighted by Crippen LogP contribution is -2.56. The van der Waals surface area contributed by atoms with Crippen LogP contribution in [0.15, 0.2) is 29.6 Å². The normalized spacial score (nSPS) is 19.3. The van der Waals surface area contributed by atoms with Gasteiger partial charge in [-0.15, -0.1) is 11.3 Å². The Bertz CT molecular complexity index is 1510. The van der Waals surface area contributed by atoms with Gasteiger partial charge >= 0.3 is 11.9 Å². The van der Waals surface area contributed by atoms with E-state index in [9.17, 15) is 28.4 Å². The lowest BCUT2D eigenvalue weighted by Gasteiger charge is -2.33. The first-order valence-corrected chi connectivity index (χ1v) is 18.7. The minimum Gasteiger partial charge on any atom is -0.469 e. The van der Waals surface area contributed by atoms with Crippen molar-refractivity contribution in [3.05, 3.63) is 51.7 Å². The second-order valence-corrected chi connectivity index (χ2v) is 15.1. The Morgan fingerprint density at radius 1 is 1.00 bits per heavy atom. The van der Waals surface area contributed by atoms with Gasteiger partial charge in [0.15, 0.2) is 6.10 Å². The third-order valence-corrected chi connectivity index (χ3v) is 10.6. The molecule has 1 saturated carbocycles. The van der Waals surface area contributed by atoms with Gasteiger partial charge in [-0.25, -0.2) is 9.37 Å². The number of methoxy groups -OCH3 is 1. The van der Waals surface area contributed by atoms with Crippen molar-refractivity contribution in [2.24, 2.45) is 17.8 Å². The lowest BCUT2D eigenvalue weighted by molar-refractivity contribution is -0.148. The van der Waals surface area contributed by atoms with Crippen LogP contribution in [0.4, 0.5) is 4.39 Å². The van der Waals surface area contributed by atoms with Gasteiger partial charge in [-0.3, -0.25) is 28.9 Å². The molecule has 12 nitrogen and oxygen atoms in total. The van der Waals surface area contributed by atoms with Crippen LogP contribution in [0.1, 0.15) is 99.8 Å². The number of nitrogens with one attached hydrogen (secondary N) is 3. The highest BCUT2D eigenvalue weighted by Gasteiger charge is 2.40. The van der Waals surface area contributed by atoms with E-state index in [4.69, 9.17) is 9.47 Å². The summed E-state index contributed by atoms with van der Waals surface area (Å²) in [5.74, 6) is -2.70. The predicted octanol–water partition coefficient (Wildman–Crippen LogP) is 4.34. The van der Waals surface area contributed by atoms with Gasteiger partial charge in [0.05, 0.1) is 19.1 Å². The van der Waals surface area contributed by atoms with E-state index in [1.807, 2.05) is 25.8 Å². The third kappa shape index (κ3) is 11.8. The molecule has 2 fully saturated rings. The largest absolute Gasteiger partial charge is 0.469 e. The Labute approximate surface area is 303 Å². The molecule has 0 spiro atoms. The number of ether oxygens (including phenoxy) is 2. The number of esters is 2. The van der Waals surface area contributed by atoms with Gasteiger partial charge in [-0.1, -0.05) is 39.3 Å². The monoisotopic (exact) mass is 729 g/mol. The van der Waals surface area contributed by atoms with Crippen LogP contribution in [0.2, 0.25) is 0 Å². The first kappa shape index (κ1) is 39.9. The number of hydrogen-bond donors (Lipinski definition) is 3. The predicted molar refractivity (Wildman–Crippen MR) is 190 cm³/mol. The van der Waals surface area contributed by atoms with E-state index in [1.54, 1.807) is 24.4 Å². The molecule has 2 aromatic rings. The van der Waals surface area contributed by atoms with E-state index in [0.717, 1.165) is 55.5 Å². The highest BCUT2D eigenvalue weighted by molar-refractivity contribution is 7.09. The van der Waals surface area contributed by atoms with Gasteiger partial charge in [-0.2, -0.15) is 0 Å². The molecule has 0 bridgehead atoms. The van der Waals surface area contributed by atoms with Gasteiger partial charge in [0.2, 0.25) is 11.8 Å². The zero-order valence-corrected chi connectivity index (χ0v) is 31.2. The highest BCUT2D eigenvalue weighted by atomic mass is 32.1. The van der Waals surface area contributed by atoms with Crippen molar-refractivity contribution in [1.82, 2.24) is 25.8 Å².